The first kappa shape index (κ1) is 24.0. The second kappa shape index (κ2) is 12.4. The van der Waals surface area contributed by atoms with E-state index >= 15 is 0 Å². The molecule has 0 radical (unpaired) electrons. The molecule has 0 N–H and O–H groups in total. The van der Waals surface area contributed by atoms with Gasteiger partial charge in [-0.05, 0) is 38.2 Å². The van der Waals surface area contributed by atoms with Crippen molar-refractivity contribution in [3.63, 3.8) is 0 Å². The van der Waals surface area contributed by atoms with Crippen LogP contribution in [-0.2, 0) is 9.59 Å². The summed E-state index contributed by atoms with van der Waals surface area (Å²) in [5.41, 5.74) is 0. The SMILES string of the molecule is CC(=O)CC(C)(C)SCCCCCCCCSC(C)(C)CC(C)=O. The average Bonchev–Trinajstić information content (AvgIpc) is 2.37. The smallest absolute Gasteiger partial charge is 0.131 e. The molecule has 4 heteroatoms. The van der Waals surface area contributed by atoms with Gasteiger partial charge in [0.2, 0.25) is 0 Å². The number of hydrogen-bond donors (Lipinski definition) is 0. The number of Topliss-reactive ketones (excluding diaryl/α,β-unsaturated/α-hetero) is 2. The van der Waals surface area contributed by atoms with E-state index in [-0.39, 0.29) is 21.1 Å². The minimum Gasteiger partial charge on any atom is -0.300 e. The van der Waals surface area contributed by atoms with Crippen LogP contribution in [0.4, 0.5) is 0 Å². The van der Waals surface area contributed by atoms with E-state index in [1.165, 1.54) is 38.5 Å². The highest BCUT2D eigenvalue weighted by Crippen LogP contribution is 2.30. The molecule has 0 saturated carbocycles. The normalized spacial score (nSPS) is 12.4. The lowest BCUT2D eigenvalue weighted by Crippen LogP contribution is -2.19. The van der Waals surface area contributed by atoms with Crippen LogP contribution < -0.4 is 0 Å². The molecule has 0 fully saturated rings. The van der Waals surface area contributed by atoms with Crippen molar-refractivity contribution in [3.8, 4) is 0 Å². The number of thioether (sulfide) groups is 2. The molecule has 0 aliphatic carbocycles. The van der Waals surface area contributed by atoms with Crippen molar-refractivity contribution in [1.82, 2.24) is 0 Å². The minimum absolute atomic E-state index is 0.0930. The molecule has 0 bridgehead atoms. The fourth-order valence-electron chi connectivity index (χ4n) is 2.91. The first-order valence-corrected chi connectivity index (χ1v) is 11.3. The third kappa shape index (κ3) is 15.6. The summed E-state index contributed by atoms with van der Waals surface area (Å²) < 4.78 is 0.186. The molecular formula is C20H38O2S2. The van der Waals surface area contributed by atoms with E-state index in [4.69, 9.17) is 0 Å². The van der Waals surface area contributed by atoms with E-state index in [1.54, 1.807) is 13.8 Å². The van der Waals surface area contributed by atoms with E-state index in [1.807, 2.05) is 23.5 Å². The molecule has 2 nitrogen and oxygen atoms in total. The van der Waals surface area contributed by atoms with Crippen LogP contribution in [0.1, 0.15) is 92.9 Å². The van der Waals surface area contributed by atoms with Gasteiger partial charge in [-0.2, -0.15) is 23.5 Å². The lowest BCUT2D eigenvalue weighted by molar-refractivity contribution is -0.118. The zero-order valence-corrected chi connectivity index (χ0v) is 18.3. The van der Waals surface area contributed by atoms with Crippen LogP contribution in [0.5, 0.6) is 0 Å². The molecule has 24 heavy (non-hydrogen) atoms. The molecule has 0 amide bonds. The van der Waals surface area contributed by atoms with E-state index in [0.717, 1.165) is 11.5 Å². The van der Waals surface area contributed by atoms with Gasteiger partial charge in [-0.3, -0.25) is 9.59 Å². The second-order valence-electron chi connectivity index (χ2n) is 8.10. The molecule has 0 unspecified atom stereocenters. The van der Waals surface area contributed by atoms with E-state index in [9.17, 15) is 9.59 Å². The number of unbranched alkanes of at least 4 members (excludes halogenated alkanes) is 5. The Hall–Kier alpha value is 0.0400. The van der Waals surface area contributed by atoms with Gasteiger partial charge >= 0.3 is 0 Å². The summed E-state index contributed by atoms with van der Waals surface area (Å²) in [4.78, 5) is 22.4. The van der Waals surface area contributed by atoms with Gasteiger partial charge in [0.15, 0.2) is 0 Å². The molecule has 0 aliphatic heterocycles. The number of carbonyl (C=O) groups is 2. The summed E-state index contributed by atoms with van der Waals surface area (Å²) in [7, 11) is 0. The Bertz CT molecular complexity index is 340. The molecule has 0 spiro atoms. The molecule has 0 rings (SSSR count). The van der Waals surface area contributed by atoms with Crippen molar-refractivity contribution in [2.24, 2.45) is 0 Å². The van der Waals surface area contributed by atoms with Crippen molar-refractivity contribution in [2.45, 2.75) is 102 Å². The number of rotatable bonds is 15. The number of hydrogen-bond acceptors (Lipinski definition) is 4. The maximum atomic E-state index is 11.2. The maximum absolute atomic E-state index is 11.2. The predicted octanol–water partition coefficient (Wildman–Crippen LogP) is 6.31. The summed E-state index contributed by atoms with van der Waals surface area (Å²) in [6.07, 6.45) is 9.09. The lowest BCUT2D eigenvalue weighted by atomic mass is 10.1. The van der Waals surface area contributed by atoms with Gasteiger partial charge in [0.05, 0.1) is 0 Å². The average molecular weight is 375 g/mol. The van der Waals surface area contributed by atoms with Crippen molar-refractivity contribution in [1.29, 1.82) is 0 Å². The van der Waals surface area contributed by atoms with Gasteiger partial charge in [-0.15, -0.1) is 0 Å². The van der Waals surface area contributed by atoms with E-state index < -0.39 is 0 Å². The van der Waals surface area contributed by atoms with Crippen LogP contribution >= 0.6 is 23.5 Å². The van der Waals surface area contributed by atoms with Gasteiger partial charge in [-0.25, -0.2) is 0 Å². The van der Waals surface area contributed by atoms with Crippen LogP contribution in [-0.4, -0.2) is 32.6 Å². The highest BCUT2D eigenvalue weighted by atomic mass is 32.2. The van der Waals surface area contributed by atoms with Crippen molar-refractivity contribution in [3.05, 3.63) is 0 Å². The van der Waals surface area contributed by atoms with Crippen molar-refractivity contribution < 1.29 is 9.59 Å². The van der Waals surface area contributed by atoms with Gasteiger partial charge in [0, 0.05) is 22.3 Å². The van der Waals surface area contributed by atoms with Gasteiger partial charge in [0.25, 0.3) is 0 Å². The number of ketones is 2. The molecule has 0 atom stereocenters. The van der Waals surface area contributed by atoms with E-state index in [0.29, 0.717) is 12.8 Å². The predicted molar refractivity (Wildman–Crippen MR) is 111 cm³/mol. The molecule has 0 aromatic carbocycles. The Morgan fingerprint density at radius 1 is 0.625 bits per heavy atom. The largest absolute Gasteiger partial charge is 0.300 e. The molecule has 0 aromatic rings. The van der Waals surface area contributed by atoms with E-state index in [2.05, 4.69) is 27.7 Å². The van der Waals surface area contributed by atoms with Crippen LogP contribution in [0.3, 0.4) is 0 Å². The van der Waals surface area contributed by atoms with Gasteiger partial charge in [-0.1, -0.05) is 53.4 Å². The zero-order chi connectivity index (χ0) is 18.6. The maximum Gasteiger partial charge on any atom is 0.131 e. The van der Waals surface area contributed by atoms with Crippen LogP contribution in [0, 0.1) is 0 Å². The van der Waals surface area contributed by atoms with Crippen molar-refractivity contribution >= 4 is 35.1 Å². The third-order valence-corrected chi connectivity index (χ3v) is 6.71. The Morgan fingerprint density at radius 3 is 1.21 bits per heavy atom. The quantitative estimate of drug-likeness (QED) is 0.315. The topological polar surface area (TPSA) is 34.1 Å². The van der Waals surface area contributed by atoms with Crippen LogP contribution in [0.25, 0.3) is 0 Å². The summed E-state index contributed by atoms with van der Waals surface area (Å²) in [6.45, 7) is 12.0. The molecule has 0 aromatic heterocycles. The number of carbonyl (C=O) groups excluding carboxylic acids is 2. The zero-order valence-electron chi connectivity index (χ0n) is 16.7. The van der Waals surface area contributed by atoms with Gasteiger partial charge < -0.3 is 0 Å². The van der Waals surface area contributed by atoms with Crippen molar-refractivity contribution in [2.75, 3.05) is 11.5 Å². The summed E-state index contributed by atoms with van der Waals surface area (Å²) in [5, 5.41) is 0. The molecule has 142 valence electrons. The molecule has 0 aliphatic rings. The summed E-state index contributed by atoms with van der Waals surface area (Å²) >= 11 is 3.87. The Morgan fingerprint density at radius 2 is 0.917 bits per heavy atom. The minimum atomic E-state index is 0.0930. The monoisotopic (exact) mass is 374 g/mol. The fourth-order valence-corrected chi connectivity index (χ4v) is 5.32. The van der Waals surface area contributed by atoms with Crippen LogP contribution in [0.15, 0.2) is 0 Å². The standard InChI is InChI=1S/C20H38O2S2/c1-17(21)15-19(3,4)23-13-11-9-7-8-10-12-14-24-20(5,6)16-18(2)22/h7-16H2,1-6H3. The fraction of sp³-hybridized carbons (Fsp3) is 0.900. The summed E-state index contributed by atoms with van der Waals surface area (Å²) in [6, 6.07) is 0. The Labute approximate surface area is 158 Å². The Kier molecular flexibility index (Phi) is 12.4. The second-order valence-corrected chi connectivity index (χ2v) is 11.7. The first-order chi connectivity index (χ1) is 11.0. The third-order valence-electron chi connectivity index (χ3n) is 3.87. The highest BCUT2D eigenvalue weighted by Gasteiger charge is 2.20. The lowest BCUT2D eigenvalue weighted by Gasteiger charge is -2.22. The molecular weight excluding hydrogens is 336 g/mol. The first-order valence-electron chi connectivity index (χ1n) is 9.31. The van der Waals surface area contributed by atoms with Crippen LogP contribution in [0.2, 0.25) is 0 Å². The Balaban J connectivity index is 3.49. The molecule has 0 heterocycles. The molecule has 0 saturated heterocycles. The summed E-state index contributed by atoms with van der Waals surface area (Å²) in [5.74, 6) is 2.90. The highest BCUT2D eigenvalue weighted by molar-refractivity contribution is 8.00. The van der Waals surface area contributed by atoms with Gasteiger partial charge in [0.1, 0.15) is 11.6 Å².